The Morgan fingerprint density at radius 2 is 2.11 bits per heavy atom. The summed E-state index contributed by atoms with van der Waals surface area (Å²) in [5.74, 6) is -1.11. The number of nitrogens with zero attached hydrogens (tertiary/aromatic N) is 6. The molecule has 3 N–H and O–H groups in total. The van der Waals surface area contributed by atoms with Crippen LogP contribution in [0.3, 0.4) is 0 Å². The molecule has 3 aromatic heterocycles. The molecule has 0 saturated carbocycles. The number of alkyl halides is 1. The Balaban J connectivity index is 1.44. The summed E-state index contributed by atoms with van der Waals surface area (Å²) in [4.78, 5) is 17.7. The summed E-state index contributed by atoms with van der Waals surface area (Å²) in [6, 6.07) is 3.69. The third-order valence-corrected chi connectivity index (χ3v) is 10.1. The van der Waals surface area contributed by atoms with E-state index in [0.29, 0.717) is 13.0 Å². The van der Waals surface area contributed by atoms with Gasteiger partial charge in [-0.15, -0.1) is 11.3 Å². The number of thiophene rings is 1. The van der Waals surface area contributed by atoms with Crippen molar-refractivity contribution in [1.82, 2.24) is 19.9 Å². The summed E-state index contributed by atoms with van der Waals surface area (Å²) in [6.45, 7) is 4.87. The van der Waals surface area contributed by atoms with Crippen molar-refractivity contribution in [3.63, 3.8) is 0 Å². The number of hydrogen-bond donors (Lipinski definition) is 2. The number of aliphatic hydroxyl groups excluding tert-OH is 1. The van der Waals surface area contributed by atoms with Gasteiger partial charge < -0.3 is 25.2 Å². The minimum atomic E-state index is -0.953. The van der Waals surface area contributed by atoms with Gasteiger partial charge in [0.1, 0.15) is 58.7 Å². The van der Waals surface area contributed by atoms with Gasteiger partial charge in [0.2, 0.25) is 5.88 Å². The van der Waals surface area contributed by atoms with Crippen molar-refractivity contribution in [3.05, 3.63) is 29.3 Å². The molecule has 0 spiro atoms. The number of hydrogen-bond acceptors (Lipinski definition) is 11. The van der Waals surface area contributed by atoms with Crippen LogP contribution in [0.1, 0.15) is 38.7 Å². The van der Waals surface area contributed by atoms with Crippen molar-refractivity contribution in [1.29, 1.82) is 5.26 Å². The first-order valence-corrected chi connectivity index (χ1v) is 15.3. The van der Waals surface area contributed by atoms with Crippen molar-refractivity contribution < 1.29 is 27.8 Å². The standard InChI is InChI=1S/C30H30F3N7O3S/c1-14(11-41)40-15(2)12-42-28-21-24(37-29(38-27(21)40)43-13-30-6-3-7-39(30)10-16(31)8-30)22(33)23(36-28)17-4-5-19(32)25-20(17)18(9-34)26(35)44-25/h4-5,14-16,41H,3,6-8,10-13,35H2,1-2H3/t14-,15-,16+,30-/m0/s1. The van der Waals surface area contributed by atoms with Gasteiger partial charge in [-0.05, 0) is 45.4 Å². The maximum atomic E-state index is 16.8. The summed E-state index contributed by atoms with van der Waals surface area (Å²) in [6.07, 6.45) is 1.08. The molecule has 3 aliphatic heterocycles. The summed E-state index contributed by atoms with van der Waals surface area (Å²) >= 11 is 0.902. The van der Waals surface area contributed by atoms with E-state index in [1.165, 1.54) is 12.1 Å². The van der Waals surface area contributed by atoms with Gasteiger partial charge in [-0.1, -0.05) is 0 Å². The fourth-order valence-electron chi connectivity index (χ4n) is 7.00. The fraction of sp³-hybridized carbons (Fsp3) is 0.467. The molecule has 4 aromatic rings. The first-order chi connectivity index (χ1) is 21.2. The molecule has 44 heavy (non-hydrogen) atoms. The average Bonchev–Trinajstić information content (AvgIpc) is 3.62. The van der Waals surface area contributed by atoms with Crippen LogP contribution in [0.2, 0.25) is 0 Å². The summed E-state index contributed by atoms with van der Waals surface area (Å²) in [5, 5.41) is 20.4. The number of benzene rings is 1. The quantitative estimate of drug-likeness (QED) is 0.314. The van der Waals surface area contributed by atoms with E-state index in [1.807, 2.05) is 24.8 Å². The van der Waals surface area contributed by atoms with Gasteiger partial charge in [0, 0.05) is 23.9 Å². The van der Waals surface area contributed by atoms with Gasteiger partial charge in [0.15, 0.2) is 5.82 Å². The second kappa shape index (κ2) is 10.6. The smallest absolute Gasteiger partial charge is 0.319 e. The molecule has 0 unspecified atom stereocenters. The first-order valence-electron chi connectivity index (χ1n) is 14.5. The van der Waals surface area contributed by atoms with Gasteiger partial charge in [-0.3, -0.25) is 4.90 Å². The number of aromatic nitrogens is 3. The van der Waals surface area contributed by atoms with E-state index >= 15 is 4.39 Å². The van der Waals surface area contributed by atoms with Crippen LogP contribution in [0.4, 0.5) is 24.0 Å². The number of ether oxygens (including phenoxy) is 2. The molecule has 10 nitrogen and oxygen atoms in total. The second-order valence-corrected chi connectivity index (χ2v) is 12.9. The topological polar surface area (TPSA) is 134 Å². The molecule has 0 radical (unpaired) electrons. The van der Waals surface area contributed by atoms with Crippen LogP contribution in [-0.2, 0) is 0 Å². The molecule has 230 valence electrons. The number of aliphatic hydroxyl groups is 1. The summed E-state index contributed by atoms with van der Waals surface area (Å²) in [5.41, 5.74) is 5.39. The lowest BCUT2D eigenvalue weighted by Crippen LogP contribution is -2.45. The van der Waals surface area contributed by atoms with Crippen LogP contribution < -0.4 is 20.1 Å². The number of pyridine rings is 1. The first kappa shape index (κ1) is 28.8. The monoisotopic (exact) mass is 625 g/mol. The molecular weight excluding hydrogens is 595 g/mol. The van der Waals surface area contributed by atoms with Gasteiger partial charge >= 0.3 is 6.01 Å². The Kier molecular flexibility index (Phi) is 6.95. The summed E-state index contributed by atoms with van der Waals surface area (Å²) in [7, 11) is 0. The number of halogens is 3. The average molecular weight is 626 g/mol. The van der Waals surface area contributed by atoms with E-state index < -0.39 is 29.4 Å². The van der Waals surface area contributed by atoms with Crippen molar-refractivity contribution in [2.75, 3.05) is 43.5 Å². The van der Waals surface area contributed by atoms with E-state index in [0.717, 1.165) is 30.7 Å². The van der Waals surface area contributed by atoms with Crippen LogP contribution in [0.15, 0.2) is 12.1 Å². The highest BCUT2D eigenvalue weighted by Gasteiger charge is 2.49. The molecule has 1 aromatic carbocycles. The summed E-state index contributed by atoms with van der Waals surface area (Å²) < 4.78 is 58.4. The van der Waals surface area contributed by atoms with E-state index in [2.05, 4.69) is 14.9 Å². The highest BCUT2D eigenvalue weighted by Crippen LogP contribution is 2.46. The Morgan fingerprint density at radius 3 is 2.89 bits per heavy atom. The third-order valence-electron chi connectivity index (χ3n) is 9.05. The molecule has 2 saturated heterocycles. The third kappa shape index (κ3) is 4.32. The SMILES string of the molecule is C[C@@H](CO)N1c2nc(OC[C@@]34CCCN3C[C@H](F)C4)nc3c(F)c(-c4ccc(F)c5sc(N)c(C#N)c45)nc(c23)OC[C@@H]1C. The fourth-order valence-corrected chi connectivity index (χ4v) is 7.95. The zero-order valence-electron chi connectivity index (χ0n) is 24.1. The number of fused-ring (bicyclic) bond motifs is 2. The van der Waals surface area contributed by atoms with Crippen LogP contribution in [0, 0.1) is 23.0 Å². The molecule has 7 rings (SSSR count). The maximum Gasteiger partial charge on any atom is 0.319 e. The van der Waals surface area contributed by atoms with Gasteiger partial charge in [-0.2, -0.15) is 15.2 Å². The molecule has 0 amide bonds. The van der Waals surface area contributed by atoms with Crippen molar-refractivity contribution in [3.8, 4) is 29.2 Å². The normalized spacial score (nSPS) is 23.9. The number of anilines is 2. The molecule has 2 fully saturated rings. The lowest BCUT2D eigenvalue weighted by atomic mass is 9.95. The maximum absolute atomic E-state index is 16.8. The Bertz CT molecular complexity index is 1850. The molecule has 3 aliphatic rings. The van der Waals surface area contributed by atoms with E-state index in [1.54, 1.807) is 0 Å². The van der Waals surface area contributed by atoms with Crippen LogP contribution in [0.25, 0.3) is 32.2 Å². The molecular formula is C30H30F3N7O3S. The molecule has 14 heteroatoms. The number of nitriles is 1. The molecule has 6 heterocycles. The lowest BCUT2D eigenvalue weighted by molar-refractivity contribution is 0.107. The van der Waals surface area contributed by atoms with E-state index in [4.69, 9.17) is 20.2 Å². The van der Waals surface area contributed by atoms with Gasteiger partial charge in [0.05, 0.1) is 34.5 Å². The molecule has 4 atom stereocenters. The Labute approximate surface area is 254 Å². The van der Waals surface area contributed by atoms with Gasteiger partial charge in [-0.25, -0.2) is 18.2 Å². The van der Waals surface area contributed by atoms with Gasteiger partial charge in [0.25, 0.3) is 0 Å². The minimum Gasteiger partial charge on any atom is -0.475 e. The van der Waals surface area contributed by atoms with Crippen molar-refractivity contribution >= 4 is 43.1 Å². The van der Waals surface area contributed by atoms with Crippen molar-refractivity contribution in [2.24, 2.45) is 0 Å². The zero-order valence-corrected chi connectivity index (χ0v) is 24.9. The van der Waals surface area contributed by atoms with Crippen LogP contribution in [0.5, 0.6) is 11.9 Å². The number of nitrogen functional groups attached to an aromatic ring is 1. The highest BCUT2D eigenvalue weighted by molar-refractivity contribution is 7.23. The van der Waals surface area contributed by atoms with E-state index in [9.17, 15) is 19.1 Å². The minimum absolute atomic E-state index is 0.0275. The predicted molar refractivity (Wildman–Crippen MR) is 160 cm³/mol. The largest absolute Gasteiger partial charge is 0.475 e. The predicted octanol–water partition coefficient (Wildman–Crippen LogP) is 4.56. The van der Waals surface area contributed by atoms with Crippen molar-refractivity contribution in [2.45, 2.75) is 56.9 Å². The molecule has 0 aliphatic carbocycles. The van der Waals surface area contributed by atoms with E-state index in [-0.39, 0.29) is 86.4 Å². The highest BCUT2D eigenvalue weighted by atomic mass is 32.1. The molecule has 0 bridgehead atoms. The van der Waals surface area contributed by atoms with Crippen LogP contribution >= 0.6 is 11.3 Å². The lowest BCUT2D eigenvalue weighted by Gasteiger charge is -2.34. The van der Waals surface area contributed by atoms with Crippen LogP contribution in [-0.4, -0.2) is 81.7 Å². The number of rotatable bonds is 6. The second-order valence-electron chi connectivity index (χ2n) is 11.8. The number of nitrogens with two attached hydrogens (primary N) is 1. The zero-order chi connectivity index (χ0) is 30.9. The Morgan fingerprint density at radius 1 is 1.30 bits per heavy atom. The Hall–Kier alpha value is -3.93.